The number of aliphatic imine (C=N–C) groups is 1. The molecule has 0 saturated heterocycles. The molecule has 8 heteroatoms. The van der Waals surface area contributed by atoms with Crippen LogP contribution >= 0.6 is 11.3 Å². The van der Waals surface area contributed by atoms with E-state index in [0.717, 1.165) is 15.4 Å². The maximum Gasteiger partial charge on any atom is 0.254 e. The molecule has 0 bridgehead atoms. The smallest absolute Gasteiger partial charge is 0.254 e. The fraction of sp³-hybridized carbons (Fsp3) is 0.167. The highest BCUT2D eigenvalue weighted by Crippen LogP contribution is 2.24. The molecule has 1 heterocycles. The summed E-state index contributed by atoms with van der Waals surface area (Å²) in [6, 6.07) is 9.84. The number of benzene rings is 1. The molecular weight excluding hydrogens is 278 g/mol. The van der Waals surface area contributed by atoms with Gasteiger partial charge < -0.3 is 5.32 Å². The van der Waals surface area contributed by atoms with Crippen molar-refractivity contribution in [2.24, 2.45) is 4.99 Å². The molecule has 0 aliphatic heterocycles. The third kappa shape index (κ3) is 3.75. The van der Waals surface area contributed by atoms with Crippen molar-refractivity contribution in [3.8, 4) is 10.6 Å². The molecule has 0 amide bonds. The van der Waals surface area contributed by atoms with E-state index < -0.39 is 5.03 Å². The highest BCUT2D eigenvalue weighted by Gasteiger charge is 2.07. The van der Waals surface area contributed by atoms with Crippen LogP contribution in [0.2, 0.25) is 0 Å². The summed E-state index contributed by atoms with van der Waals surface area (Å²) in [5.41, 5.74) is 3.04. The number of rotatable bonds is 4. The molecule has 0 radical (unpaired) electrons. The van der Waals surface area contributed by atoms with Gasteiger partial charge >= 0.3 is 0 Å². The Hall–Kier alpha value is -2.48. The molecule has 0 spiro atoms. The van der Waals surface area contributed by atoms with Crippen molar-refractivity contribution in [2.75, 3.05) is 7.05 Å². The minimum atomic E-state index is -0.655. The predicted octanol–water partition coefficient (Wildman–Crippen LogP) is 1.67. The Morgan fingerprint density at radius 1 is 1.45 bits per heavy atom. The van der Waals surface area contributed by atoms with Crippen LogP contribution in [0.25, 0.3) is 10.6 Å². The molecule has 0 aliphatic rings. The van der Waals surface area contributed by atoms with E-state index in [2.05, 4.69) is 15.3 Å². The SMILES string of the molecule is CN=C(NCc1cnc(-c2ccccc2)s1)N[N+](=O)[O-]. The van der Waals surface area contributed by atoms with Crippen molar-refractivity contribution in [3.63, 3.8) is 0 Å². The zero-order valence-electron chi connectivity index (χ0n) is 10.7. The highest BCUT2D eigenvalue weighted by atomic mass is 32.1. The van der Waals surface area contributed by atoms with E-state index in [4.69, 9.17) is 0 Å². The van der Waals surface area contributed by atoms with Crippen LogP contribution in [-0.2, 0) is 6.54 Å². The molecular formula is C12H13N5O2S. The molecule has 104 valence electrons. The van der Waals surface area contributed by atoms with Gasteiger partial charge in [-0.15, -0.1) is 11.3 Å². The fourth-order valence-electron chi connectivity index (χ4n) is 1.53. The number of aromatic nitrogens is 1. The van der Waals surface area contributed by atoms with Gasteiger partial charge in [0.25, 0.3) is 5.96 Å². The van der Waals surface area contributed by atoms with Crippen LogP contribution in [0.15, 0.2) is 41.5 Å². The second-order valence-corrected chi connectivity index (χ2v) is 4.91. The van der Waals surface area contributed by atoms with Crippen LogP contribution in [0.3, 0.4) is 0 Å². The Balaban J connectivity index is 1.98. The molecule has 1 aromatic heterocycles. The number of hydrogen-bond donors (Lipinski definition) is 2. The van der Waals surface area contributed by atoms with E-state index in [9.17, 15) is 10.1 Å². The first kappa shape index (κ1) is 13.9. The van der Waals surface area contributed by atoms with Crippen LogP contribution in [-0.4, -0.2) is 23.0 Å². The van der Waals surface area contributed by atoms with Gasteiger partial charge in [0.15, 0.2) is 5.03 Å². The second-order valence-electron chi connectivity index (χ2n) is 3.79. The number of nitrogens with one attached hydrogen (secondary N) is 2. The van der Waals surface area contributed by atoms with Crippen molar-refractivity contribution in [1.82, 2.24) is 15.7 Å². The number of hydrogen-bond acceptors (Lipinski definition) is 5. The van der Waals surface area contributed by atoms with Gasteiger partial charge in [0, 0.05) is 23.7 Å². The largest absolute Gasteiger partial charge is 0.347 e. The summed E-state index contributed by atoms with van der Waals surface area (Å²) >= 11 is 1.53. The van der Waals surface area contributed by atoms with E-state index in [-0.39, 0.29) is 5.96 Å². The van der Waals surface area contributed by atoms with Gasteiger partial charge in [0.05, 0.1) is 6.54 Å². The first-order valence-corrected chi connectivity index (χ1v) is 6.62. The Kier molecular flexibility index (Phi) is 4.61. The maximum absolute atomic E-state index is 10.3. The molecule has 0 saturated carbocycles. The average molecular weight is 291 g/mol. The van der Waals surface area contributed by atoms with Crippen molar-refractivity contribution < 1.29 is 5.03 Å². The molecule has 20 heavy (non-hydrogen) atoms. The minimum Gasteiger partial charge on any atom is -0.347 e. The number of thiazole rings is 1. The predicted molar refractivity (Wildman–Crippen MR) is 77.9 cm³/mol. The van der Waals surface area contributed by atoms with E-state index in [1.165, 1.54) is 18.4 Å². The molecule has 2 N–H and O–H groups in total. The van der Waals surface area contributed by atoms with Gasteiger partial charge in [0.1, 0.15) is 5.01 Å². The lowest BCUT2D eigenvalue weighted by molar-refractivity contribution is -0.525. The topological polar surface area (TPSA) is 92.5 Å². The summed E-state index contributed by atoms with van der Waals surface area (Å²) in [6.07, 6.45) is 1.75. The molecule has 0 unspecified atom stereocenters. The van der Waals surface area contributed by atoms with Crippen molar-refractivity contribution >= 4 is 17.3 Å². The third-order valence-corrected chi connectivity index (χ3v) is 3.47. The van der Waals surface area contributed by atoms with Crippen LogP contribution in [0.4, 0.5) is 0 Å². The average Bonchev–Trinajstić information content (AvgIpc) is 2.93. The lowest BCUT2D eigenvalue weighted by atomic mass is 10.2. The maximum atomic E-state index is 10.3. The molecule has 7 nitrogen and oxygen atoms in total. The summed E-state index contributed by atoms with van der Waals surface area (Å²) in [5, 5.41) is 13.4. The molecule has 0 aliphatic carbocycles. The van der Waals surface area contributed by atoms with Crippen LogP contribution in [0.5, 0.6) is 0 Å². The van der Waals surface area contributed by atoms with Gasteiger partial charge in [-0.2, -0.15) is 0 Å². The van der Waals surface area contributed by atoms with Gasteiger partial charge in [-0.3, -0.25) is 4.99 Å². The van der Waals surface area contributed by atoms with E-state index in [1.807, 2.05) is 35.8 Å². The fourth-order valence-corrected chi connectivity index (χ4v) is 2.39. The Morgan fingerprint density at radius 2 is 2.20 bits per heavy atom. The summed E-state index contributed by atoms with van der Waals surface area (Å²) in [6.45, 7) is 0.429. The summed E-state index contributed by atoms with van der Waals surface area (Å²) < 4.78 is 0. The van der Waals surface area contributed by atoms with Crippen LogP contribution in [0, 0.1) is 10.1 Å². The Labute approximate surface area is 119 Å². The van der Waals surface area contributed by atoms with Crippen LogP contribution < -0.4 is 10.7 Å². The van der Waals surface area contributed by atoms with E-state index in [0.29, 0.717) is 6.54 Å². The van der Waals surface area contributed by atoms with E-state index in [1.54, 1.807) is 6.20 Å². The minimum absolute atomic E-state index is 0.115. The number of guanidine groups is 1. The van der Waals surface area contributed by atoms with Crippen molar-refractivity contribution in [3.05, 3.63) is 51.5 Å². The number of nitrogens with zero attached hydrogens (tertiary/aromatic N) is 3. The number of hydrazine groups is 1. The molecule has 2 rings (SSSR count). The third-order valence-electron chi connectivity index (χ3n) is 2.43. The standard InChI is InChI=1S/C12H13N5O2S/c1-13-12(16-17(18)19)15-8-10-7-14-11(20-10)9-5-3-2-4-6-9/h2-7H,8H2,1H3,(H2,13,15,16). The monoisotopic (exact) mass is 291 g/mol. The summed E-state index contributed by atoms with van der Waals surface area (Å²) in [5.74, 6) is 0.115. The first-order chi connectivity index (χ1) is 9.69. The van der Waals surface area contributed by atoms with Gasteiger partial charge in [0.2, 0.25) is 0 Å². The summed E-state index contributed by atoms with van der Waals surface area (Å²) in [7, 11) is 1.47. The van der Waals surface area contributed by atoms with Gasteiger partial charge in [-0.05, 0) is 0 Å². The quantitative estimate of drug-likeness (QED) is 0.387. The van der Waals surface area contributed by atoms with Gasteiger partial charge in [-0.25, -0.2) is 15.1 Å². The summed E-state index contributed by atoms with van der Waals surface area (Å²) in [4.78, 5) is 19.4. The first-order valence-electron chi connectivity index (χ1n) is 5.81. The molecule has 2 aromatic rings. The molecule has 0 atom stereocenters. The zero-order valence-corrected chi connectivity index (χ0v) is 11.6. The second kappa shape index (κ2) is 6.62. The van der Waals surface area contributed by atoms with Crippen molar-refractivity contribution in [1.29, 1.82) is 0 Å². The zero-order chi connectivity index (χ0) is 14.4. The normalized spacial score (nSPS) is 11.2. The van der Waals surface area contributed by atoms with Crippen LogP contribution in [0.1, 0.15) is 4.88 Å². The lowest BCUT2D eigenvalue weighted by Crippen LogP contribution is -2.39. The Morgan fingerprint density at radius 3 is 2.85 bits per heavy atom. The number of nitro groups is 1. The molecule has 0 fully saturated rings. The molecule has 1 aromatic carbocycles. The van der Waals surface area contributed by atoms with Crippen molar-refractivity contribution in [2.45, 2.75) is 6.54 Å². The highest BCUT2D eigenvalue weighted by molar-refractivity contribution is 7.15. The lowest BCUT2D eigenvalue weighted by Gasteiger charge is -2.03. The van der Waals surface area contributed by atoms with E-state index >= 15 is 0 Å². The van der Waals surface area contributed by atoms with Gasteiger partial charge in [-0.1, -0.05) is 35.8 Å². The Bertz CT molecular complexity index is 611.